The molecule has 1 N–H and O–H groups in total. The van der Waals surface area contributed by atoms with Gasteiger partial charge in [-0.15, -0.1) is 0 Å². The summed E-state index contributed by atoms with van der Waals surface area (Å²) in [5.41, 5.74) is 3.76. The molecule has 1 aromatic carbocycles. The molecule has 0 unspecified atom stereocenters. The van der Waals surface area contributed by atoms with Gasteiger partial charge in [0.25, 0.3) is 5.91 Å². The minimum atomic E-state index is -0.358. The number of halogens is 1. The molecule has 0 fully saturated rings. The second-order valence-electron chi connectivity index (χ2n) is 4.73. The fourth-order valence-electron chi connectivity index (χ4n) is 1.37. The predicted octanol–water partition coefficient (Wildman–Crippen LogP) is 3.37. The molecule has 1 amide bonds. The normalized spacial score (nSPS) is 11.7. The highest BCUT2D eigenvalue weighted by atomic mass is 19.1. The summed E-state index contributed by atoms with van der Waals surface area (Å²) in [7, 11) is 0. The van der Waals surface area contributed by atoms with Crippen molar-refractivity contribution in [3.8, 4) is 0 Å². The average Bonchev–Trinajstić information content (AvgIpc) is 2.34. The van der Waals surface area contributed by atoms with Crippen LogP contribution in [0.5, 0.6) is 0 Å². The first kappa shape index (κ1) is 14.4. The summed E-state index contributed by atoms with van der Waals surface area (Å²) in [5, 5.41) is 4.02. The monoisotopic (exact) mass is 250 g/mol. The van der Waals surface area contributed by atoms with Crippen LogP contribution in [-0.2, 0) is 0 Å². The van der Waals surface area contributed by atoms with Crippen LogP contribution in [0.25, 0.3) is 0 Å². The molecule has 0 atom stereocenters. The van der Waals surface area contributed by atoms with E-state index in [1.165, 1.54) is 24.3 Å². The number of carbonyl (C=O) groups excluding carboxylic acids is 1. The van der Waals surface area contributed by atoms with Gasteiger partial charge in [0.15, 0.2) is 0 Å². The number of amides is 1. The van der Waals surface area contributed by atoms with Gasteiger partial charge in [-0.3, -0.25) is 4.79 Å². The third-order valence-electron chi connectivity index (χ3n) is 2.54. The van der Waals surface area contributed by atoms with Crippen molar-refractivity contribution in [2.24, 2.45) is 11.0 Å². The minimum Gasteiger partial charge on any atom is -0.267 e. The van der Waals surface area contributed by atoms with Gasteiger partial charge in [-0.25, -0.2) is 9.82 Å². The van der Waals surface area contributed by atoms with Crippen molar-refractivity contribution in [1.82, 2.24) is 5.43 Å². The number of rotatable bonds is 5. The first-order chi connectivity index (χ1) is 8.49. The molecule has 0 aliphatic heterocycles. The Labute approximate surface area is 107 Å². The van der Waals surface area contributed by atoms with Gasteiger partial charge in [-0.2, -0.15) is 5.10 Å². The number of nitrogens with zero attached hydrogens (tertiary/aromatic N) is 1. The fraction of sp³-hybridized carbons (Fsp3) is 0.429. The molecule has 0 aromatic heterocycles. The lowest BCUT2D eigenvalue weighted by Crippen LogP contribution is -2.19. The van der Waals surface area contributed by atoms with Crippen molar-refractivity contribution in [1.29, 1.82) is 0 Å². The van der Waals surface area contributed by atoms with Crippen LogP contribution in [0, 0.1) is 11.7 Å². The lowest BCUT2D eigenvalue weighted by Gasteiger charge is -2.05. The van der Waals surface area contributed by atoms with Crippen molar-refractivity contribution in [3.63, 3.8) is 0 Å². The largest absolute Gasteiger partial charge is 0.271 e. The van der Waals surface area contributed by atoms with Crippen molar-refractivity contribution >= 4 is 11.6 Å². The van der Waals surface area contributed by atoms with Crippen LogP contribution in [-0.4, -0.2) is 11.6 Å². The maximum absolute atomic E-state index is 12.7. The van der Waals surface area contributed by atoms with Crippen LogP contribution in [0.2, 0.25) is 0 Å². The number of carbonyl (C=O) groups is 1. The van der Waals surface area contributed by atoms with Gasteiger partial charge in [0.1, 0.15) is 5.82 Å². The second kappa shape index (κ2) is 6.89. The SMILES string of the molecule is CC(CCC(C)C)=NNC(=O)c1ccc(F)cc1. The van der Waals surface area contributed by atoms with Gasteiger partial charge in [-0.1, -0.05) is 13.8 Å². The Hall–Kier alpha value is -1.71. The Morgan fingerprint density at radius 3 is 2.50 bits per heavy atom. The molecule has 3 nitrogen and oxygen atoms in total. The first-order valence-electron chi connectivity index (χ1n) is 6.08. The van der Waals surface area contributed by atoms with Gasteiger partial charge in [0, 0.05) is 11.3 Å². The van der Waals surface area contributed by atoms with Crippen LogP contribution >= 0.6 is 0 Å². The maximum Gasteiger partial charge on any atom is 0.271 e. The van der Waals surface area contributed by atoms with Crippen molar-refractivity contribution in [2.45, 2.75) is 33.6 Å². The standard InChI is InChI=1S/C14H19FN2O/c1-10(2)4-5-11(3)16-17-14(18)12-6-8-13(15)9-7-12/h6-10H,4-5H2,1-3H3,(H,17,18). The maximum atomic E-state index is 12.7. The Bertz CT molecular complexity index is 424. The molecule has 0 saturated heterocycles. The summed E-state index contributed by atoms with van der Waals surface area (Å²) in [6.45, 7) is 6.17. The lowest BCUT2D eigenvalue weighted by molar-refractivity contribution is 0.0954. The zero-order chi connectivity index (χ0) is 13.5. The first-order valence-corrected chi connectivity index (χ1v) is 6.08. The predicted molar refractivity (Wildman–Crippen MR) is 71.0 cm³/mol. The Kier molecular flexibility index (Phi) is 5.49. The molecule has 18 heavy (non-hydrogen) atoms. The highest BCUT2D eigenvalue weighted by Gasteiger charge is 2.04. The van der Waals surface area contributed by atoms with E-state index in [1.807, 2.05) is 6.92 Å². The van der Waals surface area contributed by atoms with Crippen LogP contribution in [0.3, 0.4) is 0 Å². The Morgan fingerprint density at radius 1 is 1.33 bits per heavy atom. The Balaban J connectivity index is 2.49. The van der Waals surface area contributed by atoms with E-state index in [1.54, 1.807) is 0 Å². The van der Waals surface area contributed by atoms with Crippen LogP contribution in [0.1, 0.15) is 44.0 Å². The van der Waals surface area contributed by atoms with E-state index >= 15 is 0 Å². The average molecular weight is 250 g/mol. The van der Waals surface area contributed by atoms with Gasteiger partial charge < -0.3 is 0 Å². The molecular weight excluding hydrogens is 231 g/mol. The van der Waals surface area contributed by atoms with E-state index in [-0.39, 0.29) is 11.7 Å². The van der Waals surface area contributed by atoms with Gasteiger partial charge in [0.05, 0.1) is 0 Å². The molecule has 0 radical (unpaired) electrons. The zero-order valence-corrected chi connectivity index (χ0v) is 11.0. The van der Waals surface area contributed by atoms with E-state index < -0.39 is 0 Å². The van der Waals surface area contributed by atoms with Crippen LogP contribution in [0.15, 0.2) is 29.4 Å². The second-order valence-corrected chi connectivity index (χ2v) is 4.73. The molecule has 0 heterocycles. The summed E-state index contributed by atoms with van der Waals surface area (Å²) in [4.78, 5) is 11.7. The van der Waals surface area contributed by atoms with Crippen LogP contribution < -0.4 is 5.43 Å². The third kappa shape index (κ3) is 5.08. The van der Waals surface area contributed by atoms with Gasteiger partial charge >= 0.3 is 0 Å². The quantitative estimate of drug-likeness (QED) is 0.631. The molecule has 0 bridgehead atoms. The molecule has 0 aliphatic carbocycles. The van der Waals surface area contributed by atoms with Crippen LogP contribution in [0.4, 0.5) is 4.39 Å². The van der Waals surface area contributed by atoms with E-state index in [0.29, 0.717) is 11.5 Å². The van der Waals surface area contributed by atoms with Gasteiger partial charge in [-0.05, 0) is 49.9 Å². The minimum absolute atomic E-state index is 0.320. The van der Waals surface area contributed by atoms with Gasteiger partial charge in [0.2, 0.25) is 0 Å². The summed E-state index contributed by atoms with van der Waals surface area (Å²) < 4.78 is 12.7. The topological polar surface area (TPSA) is 41.5 Å². The highest BCUT2D eigenvalue weighted by molar-refractivity contribution is 5.95. The lowest BCUT2D eigenvalue weighted by atomic mass is 10.1. The number of hydrogen-bond acceptors (Lipinski definition) is 2. The van der Waals surface area contributed by atoms with E-state index in [2.05, 4.69) is 24.4 Å². The molecule has 1 aromatic rings. The smallest absolute Gasteiger partial charge is 0.267 e. The number of nitrogens with one attached hydrogen (secondary N) is 1. The van der Waals surface area contributed by atoms with E-state index in [0.717, 1.165) is 18.6 Å². The van der Waals surface area contributed by atoms with Crippen molar-refractivity contribution in [2.75, 3.05) is 0 Å². The van der Waals surface area contributed by atoms with Crippen molar-refractivity contribution in [3.05, 3.63) is 35.6 Å². The number of hydrogen-bond donors (Lipinski definition) is 1. The van der Waals surface area contributed by atoms with Crippen molar-refractivity contribution < 1.29 is 9.18 Å². The summed E-state index contributed by atoms with van der Waals surface area (Å²) in [5.74, 6) is -0.0648. The molecule has 0 spiro atoms. The molecular formula is C14H19FN2O. The molecule has 4 heteroatoms. The molecule has 0 aliphatic rings. The summed E-state index contributed by atoms with van der Waals surface area (Å²) >= 11 is 0. The summed E-state index contributed by atoms with van der Waals surface area (Å²) in [6.07, 6.45) is 1.91. The molecule has 98 valence electrons. The highest BCUT2D eigenvalue weighted by Crippen LogP contribution is 2.05. The summed E-state index contributed by atoms with van der Waals surface area (Å²) in [6, 6.07) is 5.38. The van der Waals surface area contributed by atoms with E-state index in [4.69, 9.17) is 0 Å². The third-order valence-corrected chi connectivity index (χ3v) is 2.54. The number of benzene rings is 1. The van der Waals surface area contributed by atoms with E-state index in [9.17, 15) is 9.18 Å². The molecule has 0 saturated carbocycles. The zero-order valence-electron chi connectivity index (χ0n) is 11.0. The Morgan fingerprint density at radius 2 is 1.94 bits per heavy atom. The molecule has 1 rings (SSSR count). The number of hydrazone groups is 1. The fourth-order valence-corrected chi connectivity index (χ4v) is 1.37.